The minimum absolute atomic E-state index is 0.348. The molecule has 0 radical (unpaired) electrons. The summed E-state index contributed by atoms with van der Waals surface area (Å²) in [7, 11) is 2.27. The van der Waals surface area contributed by atoms with Crippen molar-refractivity contribution in [2.45, 2.75) is 46.2 Å². The molecule has 0 aliphatic heterocycles. The normalized spacial score (nSPS) is 22.8. The molecule has 2 rings (SSSR count). The number of likely N-dealkylation sites (N-methyl/N-ethyl adjacent to an activating group) is 2. The van der Waals surface area contributed by atoms with Gasteiger partial charge in [0.15, 0.2) is 0 Å². The van der Waals surface area contributed by atoms with Crippen LogP contribution >= 0.6 is 0 Å². The van der Waals surface area contributed by atoms with Gasteiger partial charge in [-0.3, -0.25) is 0 Å². The van der Waals surface area contributed by atoms with Gasteiger partial charge in [0.2, 0.25) is 0 Å². The fourth-order valence-electron chi connectivity index (χ4n) is 3.32. The Morgan fingerprint density at radius 1 is 1.26 bits per heavy atom. The summed E-state index contributed by atoms with van der Waals surface area (Å²) < 4.78 is 0. The first kappa shape index (κ1) is 14.5. The molecule has 106 valence electrons. The molecule has 0 amide bonds. The van der Waals surface area contributed by atoms with Gasteiger partial charge in [0, 0.05) is 18.6 Å². The Kier molecular flexibility index (Phi) is 4.32. The van der Waals surface area contributed by atoms with Crippen LogP contribution in [0.15, 0.2) is 24.3 Å². The van der Waals surface area contributed by atoms with Gasteiger partial charge < -0.3 is 10.2 Å². The highest BCUT2D eigenvalue weighted by molar-refractivity contribution is 5.37. The first-order valence-electron chi connectivity index (χ1n) is 7.44. The van der Waals surface area contributed by atoms with Gasteiger partial charge in [-0.05, 0) is 36.6 Å². The highest BCUT2D eigenvalue weighted by atomic mass is 15.2. The van der Waals surface area contributed by atoms with Crippen molar-refractivity contribution in [3.8, 4) is 0 Å². The van der Waals surface area contributed by atoms with Crippen LogP contribution in [0.25, 0.3) is 0 Å². The Labute approximate surface area is 118 Å². The van der Waals surface area contributed by atoms with Crippen LogP contribution < -0.4 is 5.32 Å². The average Bonchev–Trinajstić information content (AvgIpc) is 2.67. The van der Waals surface area contributed by atoms with E-state index < -0.39 is 0 Å². The van der Waals surface area contributed by atoms with Gasteiger partial charge in [0.05, 0.1) is 0 Å². The lowest BCUT2D eigenvalue weighted by Gasteiger charge is -2.35. The van der Waals surface area contributed by atoms with Gasteiger partial charge in [-0.2, -0.15) is 0 Å². The standard InChI is InChI=1S/C17H28N2/c1-6-18-16-14-10-8-7-9-13(14)11-15(16)19(5)12-17(2,3)4/h7-10,15-16,18H,6,11-12H2,1-5H3. The Balaban J connectivity index is 2.18. The van der Waals surface area contributed by atoms with Crippen molar-refractivity contribution >= 4 is 0 Å². The van der Waals surface area contributed by atoms with Gasteiger partial charge in [-0.1, -0.05) is 52.0 Å². The smallest absolute Gasteiger partial charge is 0.0483 e. The quantitative estimate of drug-likeness (QED) is 0.894. The largest absolute Gasteiger partial charge is 0.309 e. The van der Waals surface area contributed by atoms with Crippen molar-refractivity contribution in [1.82, 2.24) is 10.2 Å². The zero-order valence-electron chi connectivity index (χ0n) is 13.0. The number of nitrogens with zero attached hydrogens (tertiary/aromatic N) is 1. The molecule has 1 aromatic carbocycles. The molecule has 0 saturated carbocycles. The highest BCUT2D eigenvalue weighted by Crippen LogP contribution is 2.34. The number of fused-ring (bicyclic) bond motifs is 1. The second kappa shape index (κ2) is 5.64. The first-order valence-corrected chi connectivity index (χ1v) is 7.44. The Bertz CT molecular complexity index is 420. The molecule has 0 spiro atoms. The Morgan fingerprint density at radius 2 is 1.95 bits per heavy atom. The Morgan fingerprint density at radius 3 is 2.58 bits per heavy atom. The fourth-order valence-corrected chi connectivity index (χ4v) is 3.32. The minimum Gasteiger partial charge on any atom is -0.309 e. The molecule has 0 saturated heterocycles. The van der Waals surface area contributed by atoms with E-state index >= 15 is 0 Å². The molecule has 19 heavy (non-hydrogen) atoms. The summed E-state index contributed by atoms with van der Waals surface area (Å²) in [5.41, 5.74) is 3.36. The van der Waals surface area contributed by atoms with Gasteiger partial charge in [-0.25, -0.2) is 0 Å². The highest BCUT2D eigenvalue weighted by Gasteiger charge is 2.35. The van der Waals surface area contributed by atoms with Crippen LogP contribution in [-0.4, -0.2) is 31.1 Å². The van der Waals surface area contributed by atoms with E-state index in [1.807, 2.05) is 0 Å². The molecule has 1 N–H and O–H groups in total. The lowest BCUT2D eigenvalue weighted by Crippen LogP contribution is -2.44. The molecule has 2 atom stereocenters. The maximum absolute atomic E-state index is 3.68. The van der Waals surface area contributed by atoms with E-state index in [9.17, 15) is 0 Å². The van der Waals surface area contributed by atoms with Crippen LogP contribution in [0, 0.1) is 5.41 Å². The van der Waals surface area contributed by atoms with Gasteiger partial charge >= 0.3 is 0 Å². The SMILES string of the molecule is CCNC1c2ccccc2CC1N(C)CC(C)(C)C. The van der Waals surface area contributed by atoms with E-state index in [4.69, 9.17) is 0 Å². The predicted octanol–water partition coefficient (Wildman–Crippen LogP) is 3.24. The molecule has 2 unspecified atom stereocenters. The lowest BCUT2D eigenvalue weighted by molar-refractivity contribution is 0.149. The molecule has 0 fully saturated rings. The van der Waals surface area contributed by atoms with E-state index in [0.717, 1.165) is 13.1 Å². The number of hydrogen-bond donors (Lipinski definition) is 1. The van der Waals surface area contributed by atoms with E-state index in [-0.39, 0.29) is 0 Å². The average molecular weight is 260 g/mol. The molecule has 0 aromatic heterocycles. The number of nitrogens with one attached hydrogen (secondary N) is 1. The summed E-state index contributed by atoms with van der Waals surface area (Å²) >= 11 is 0. The van der Waals surface area contributed by atoms with Gasteiger partial charge in [-0.15, -0.1) is 0 Å². The van der Waals surface area contributed by atoms with Crippen molar-refractivity contribution in [3.63, 3.8) is 0 Å². The van der Waals surface area contributed by atoms with Gasteiger partial charge in [0.1, 0.15) is 0 Å². The van der Waals surface area contributed by atoms with Crippen molar-refractivity contribution in [3.05, 3.63) is 35.4 Å². The summed E-state index contributed by atoms with van der Waals surface area (Å²) in [6.45, 7) is 11.3. The molecule has 0 bridgehead atoms. The first-order chi connectivity index (χ1) is 8.92. The van der Waals surface area contributed by atoms with Crippen molar-refractivity contribution in [2.24, 2.45) is 5.41 Å². The Hall–Kier alpha value is -0.860. The van der Waals surface area contributed by atoms with Crippen LogP contribution in [0.5, 0.6) is 0 Å². The maximum Gasteiger partial charge on any atom is 0.0483 e. The molecular formula is C17H28N2. The van der Waals surface area contributed by atoms with Crippen molar-refractivity contribution in [1.29, 1.82) is 0 Å². The minimum atomic E-state index is 0.348. The zero-order chi connectivity index (χ0) is 14.0. The summed E-state index contributed by atoms with van der Waals surface area (Å²) in [6, 6.07) is 9.95. The van der Waals surface area contributed by atoms with Crippen LogP contribution in [-0.2, 0) is 6.42 Å². The summed E-state index contributed by atoms with van der Waals surface area (Å²) in [6.07, 6.45) is 1.17. The lowest BCUT2D eigenvalue weighted by atomic mass is 9.94. The van der Waals surface area contributed by atoms with Gasteiger partial charge in [0.25, 0.3) is 0 Å². The summed E-state index contributed by atoms with van der Waals surface area (Å²) in [5, 5.41) is 3.68. The topological polar surface area (TPSA) is 15.3 Å². The number of benzene rings is 1. The molecule has 1 aromatic rings. The van der Waals surface area contributed by atoms with Crippen LogP contribution in [0.1, 0.15) is 44.9 Å². The third-order valence-corrected chi connectivity index (χ3v) is 3.92. The monoisotopic (exact) mass is 260 g/mol. The zero-order valence-corrected chi connectivity index (χ0v) is 13.0. The van der Waals surface area contributed by atoms with Crippen LogP contribution in [0.2, 0.25) is 0 Å². The third-order valence-electron chi connectivity index (χ3n) is 3.92. The molecule has 2 heteroatoms. The van der Waals surface area contributed by atoms with E-state index in [2.05, 4.69) is 69.2 Å². The second-order valence-electron chi connectivity index (χ2n) is 6.98. The second-order valence-corrected chi connectivity index (χ2v) is 6.98. The molecule has 1 aliphatic carbocycles. The molecule has 0 heterocycles. The van der Waals surface area contributed by atoms with E-state index in [0.29, 0.717) is 17.5 Å². The predicted molar refractivity (Wildman–Crippen MR) is 82.4 cm³/mol. The number of rotatable bonds is 4. The van der Waals surface area contributed by atoms with Crippen LogP contribution in [0.4, 0.5) is 0 Å². The maximum atomic E-state index is 3.68. The molecule has 1 aliphatic rings. The van der Waals surface area contributed by atoms with E-state index in [1.54, 1.807) is 0 Å². The van der Waals surface area contributed by atoms with Crippen LogP contribution in [0.3, 0.4) is 0 Å². The number of hydrogen-bond acceptors (Lipinski definition) is 2. The molecular weight excluding hydrogens is 232 g/mol. The third kappa shape index (κ3) is 3.37. The van der Waals surface area contributed by atoms with Crippen molar-refractivity contribution in [2.75, 3.05) is 20.1 Å². The van der Waals surface area contributed by atoms with E-state index in [1.165, 1.54) is 17.5 Å². The summed E-state index contributed by atoms with van der Waals surface area (Å²) in [4.78, 5) is 2.54. The molecule has 2 nitrogen and oxygen atoms in total. The van der Waals surface area contributed by atoms with Crippen molar-refractivity contribution < 1.29 is 0 Å². The summed E-state index contributed by atoms with van der Waals surface area (Å²) in [5.74, 6) is 0. The fraction of sp³-hybridized carbons (Fsp3) is 0.647.